The Kier molecular flexibility index (Phi) is 5.12. The average Bonchev–Trinajstić information content (AvgIpc) is 2.31. The molecule has 0 aromatic carbocycles. The Morgan fingerprint density at radius 1 is 1.33 bits per heavy atom. The highest BCUT2D eigenvalue weighted by Crippen LogP contribution is 2.00. The molecule has 0 unspecified atom stereocenters. The van der Waals surface area contributed by atoms with Crippen LogP contribution < -0.4 is 16.6 Å². The summed E-state index contributed by atoms with van der Waals surface area (Å²) in [6, 6.07) is 2.78. The van der Waals surface area contributed by atoms with E-state index in [1.165, 1.54) is 34.8 Å². The lowest BCUT2D eigenvalue weighted by Gasteiger charge is -2.23. The Morgan fingerprint density at radius 3 is 2.52 bits per heavy atom. The summed E-state index contributed by atoms with van der Waals surface area (Å²) in [5.74, 6) is -0.593. The van der Waals surface area contributed by atoms with E-state index < -0.39 is 0 Å². The maximum atomic E-state index is 12.0. The van der Waals surface area contributed by atoms with Crippen molar-refractivity contribution in [2.75, 3.05) is 19.3 Å². The van der Waals surface area contributed by atoms with Gasteiger partial charge in [0.2, 0.25) is 11.8 Å². The van der Waals surface area contributed by atoms with Gasteiger partial charge in [0.05, 0.1) is 6.54 Å². The second-order valence-corrected chi connectivity index (χ2v) is 5.98. The molecule has 7 heteroatoms. The zero-order chi connectivity index (χ0) is 16.2. The van der Waals surface area contributed by atoms with Gasteiger partial charge in [-0.05, 0) is 26.8 Å². The van der Waals surface area contributed by atoms with Crippen molar-refractivity contribution in [2.45, 2.75) is 32.9 Å². The number of amides is 2. The summed E-state index contributed by atoms with van der Waals surface area (Å²) in [4.78, 5) is 36.6. The summed E-state index contributed by atoms with van der Waals surface area (Å²) < 4.78 is 1.22. The third-order valence-corrected chi connectivity index (χ3v) is 2.63. The van der Waals surface area contributed by atoms with Crippen LogP contribution in [0.5, 0.6) is 0 Å². The normalized spacial score (nSPS) is 11.0. The van der Waals surface area contributed by atoms with Gasteiger partial charge in [-0.15, -0.1) is 0 Å². The van der Waals surface area contributed by atoms with Crippen molar-refractivity contribution >= 4 is 17.5 Å². The van der Waals surface area contributed by atoms with Crippen LogP contribution >= 0.6 is 0 Å². The van der Waals surface area contributed by atoms with Crippen LogP contribution in [0.25, 0.3) is 0 Å². The molecule has 1 aromatic heterocycles. The summed E-state index contributed by atoms with van der Waals surface area (Å²) >= 11 is 0. The molecule has 116 valence electrons. The summed E-state index contributed by atoms with van der Waals surface area (Å²) in [7, 11) is 1.52. The number of carbonyl (C=O) groups is 2. The molecule has 1 rings (SSSR count). The van der Waals surface area contributed by atoms with Gasteiger partial charge in [-0.2, -0.15) is 0 Å². The van der Waals surface area contributed by atoms with Crippen LogP contribution in [-0.2, 0) is 16.1 Å². The van der Waals surface area contributed by atoms with E-state index in [-0.39, 0.29) is 36.0 Å². The van der Waals surface area contributed by atoms with Crippen LogP contribution in [0.1, 0.15) is 20.8 Å². The molecule has 0 saturated heterocycles. The number of carbonyl (C=O) groups excluding carboxylic acids is 2. The Morgan fingerprint density at radius 2 is 1.95 bits per heavy atom. The Bertz CT molecular complexity index is 587. The number of rotatable bonds is 4. The first-order valence-corrected chi connectivity index (χ1v) is 6.59. The lowest BCUT2D eigenvalue weighted by atomic mass is 10.1. The number of nitrogen functional groups attached to an aromatic ring is 1. The molecule has 2 amide bonds. The summed E-state index contributed by atoms with van der Waals surface area (Å²) in [6.45, 7) is 5.37. The molecular formula is C14H22N4O3. The van der Waals surface area contributed by atoms with Crippen molar-refractivity contribution in [3.8, 4) is 0 Å². The summed E-state index contributed by atoms with van der Waals surface area (Å²) in [5, 5.41) is 2.77. The highest BCUT2D eigenvalue weighted by Gasteiger charge is 2.18. The van der Waals surface area contributed by atoms with Gasteiger partial charge in [0.1, 0.15) is 6.54 Å². The highest BCUT2D eigenvalue weighted by molar-refractivity contribution is 5.84. The average molecular weight is 294 g/mol. The Balaban J connectivity index is 2.65. The van der Waals surface area contributed by atoms with Crippen LogP contribution in [-0.4, -0.2) is 40.4 Å². The van der Waals surface area contributed by atoms with E-state index in [1.54, 1.807) is 0 Å². The topological polar surface area (TPSA) is 97.4 Å². The maximum Gasteiger partial charge on any atom is 0.251 e. The van der Waals surface area contributed by atoms with Crippen LogP contribution in [0.2, 0.25) is 0 Å². The van der Waals surface area contributed by atoms with E-state index in [4.69, 9.17) is 5.73 Å². The molecule has 0 fully saturated rings. The fraction of sp³-hybridized carbons (Fsp3) is 0.500. The second-order valence-electron chi connectivity index (χ2n) is 5.98. The number of pyridine rings is 1. The monoisotopic (exact) mass is 294 g/mol. The molecule has 7 nitrogen and oxygen atoms in total. The molecule has 0 spiro atoms. The largest absolute Gasteiger partial charge is 0.398 e. The van der Waals surface area contributed by atoms with Crippen molar-refractivity contribution in [1.29, 1.82) is 0 Å². The Hall–Kier alpha value is -2.31. The molecule has 1 aromatic rings. The van der Waals surface area contributed by atoms with Crippen molar-refractivity contribution in [3.63, 3.8) is 0 Å². The molecule has 21 heavy (non-hydrogen) atoms. The third-order valence-electron chi connectivity index (χ3n) is 2.63. The van der Waals surface area contributed by atoms with Gasteiger partial charge in [-0.1, -0.05) is 0 Å². The fourth-order valence-corrected chi connectivity index (χ4v) is 1.70. The maximum absolute atomic E-state index is 12.0. The van der Waals surface area contributed by atoms with Gasteiger partial charge in [0.25, 0.3) is 5.56 Å². The zero-order valence-electron chi connectivity index (χ0n) is 12.8. The minimum atomic E-state index is -0.355. The predicted octanol–water partition coefficient (Wildman–Crippen LogP) is -0.196. The van der Waals surface area contributed by atoms with E-state index >= 15 is 0 Å². The summed E-state index contributed by atoms with van der Waals surface area (Å²) in [6.07, 6.45) is 1.41. The number of anilines is 1. The van der Waals surface area contributed by atoms with E-state index in [0.717, 1.165) is 0 Å². The minimum Gasteiger partial charge on any atom is -0.398 e. The number of aromatic nitrogens is 1. The molecule has 0 saturated carbocycles. The zero-order valence-corrected chi connectivity index (χ0v) is 12.8. The van der Waals surface area contributed by atoms with Crippen molar-refractivity contribution in [3.05, 3.63) is 28.7 Å². The van der Waals surface area contributed by atoms with E-state index in [1.807, 2.05) is 20.8 Å². The first-order valence-electron chi connectivity index (χ1n) is 6.59. The smallest absolute Gasteiger partial charge is 0.251 e. The van der Waals surface area contributed by atoms with Crippen molar-refractivity contribution in [1.82, 2.24) is 14.8 Å². The second kappa shape index (κ2) is 6.43. The molecule has 0 aliphatic heterocycles. The number of nitrogens with two attached hydrogens (primary N) is 1. The van der Waals surface area contributed by atoms with Gasteiger partial charge in [-0.25, -0.2) is 0 Å². The van der Waals surface area contributed by atoms with Crippen molar-refractivity contribution in [2.24, 2.45) is 0 Å². The molecule has 3 N–H and O–H groups in total. The molecule has 0 aliphatic rings. The van der Waals surface area contributed by atoms with E-state index in [0.29, 0.717) is 5.69 Å². The molecule has 1 heterocycles. The van der Waals surface area contributed by atoms with E-state index in [9.17, 15) is 14.4 Å². The molecule has 0 radical (unpaired) electrons. The first-order chi connectivity index (χ1) is 9.58. The summed E-state index contributed by atoms with van der Waals surface area (Å²) in [5.41, 5.74) is 5.31. The Labute approximate surface area is 123 Å². The molecular weight excluding hydrogens is 272 g/mol. The first kappa shape index (κ1) is 16.7. The SMILES string of the molecule is CN(CC(=O)NC(C)(C)C)C(=O)Cn1cc(N)ccc1=O. The number of hydrogen-bond donors (Lipinski definition) is 2. The van der Waals surface area contributed by atoms with Crippen LogP contribution in [0.3, 0.4) is 0 Å². The highest BCUT2D eigenvalue weighted by atomic mass is 16.2. The fourth-order valence-electron chi connectivity index (χ4n) is 1.70. The molecule has 0 atom stereocenters. The standard InChI is InChI=1S/C14H22N4O3/c1-14(2,3)16-11(19)8-17(4)13(21)9-18-7-10(15)5-6-12(18)20/h5-7H,8-9,15H2,1-4H3,(H,16,19). The van der Waals surface area contributed by atoms with Gasteiger partial charge >= 0.3 is 0 Å². The number of nitrogens with one attached hydrogen (secondary N) is 1. The number of likely N-dealkylation sites (N-methyl/N-ethyl adjacent to an activating group) is 1. The van der Waals surface area contributed by atoms with Crippen LogP contribution in [0.15, 0.2) is 23.1 Å². The quantitative estimate of drug-likeness (QED) is 0.804. The third kappa shape index (κ3) is 5.68. The van der Waals surface area contributed by atoms with Crippen LogP contribution in [0.4, 0.5) is 5.69 Å². The van der Waals surface area contributed by atoms with Gasteiger partial charge in [0, 0.05) is 30.5 Å². The predicted molar refractivity (Wildman–Crippen MR) is 80.6 cm³/mol. The van der Waals surface area contributed by atoms with Crippen molar-refractivity contribution < 1.29 is 9.59 Å². The molecule has 0 aliphatic carbocycles. The number of hydrogen-bond acceptors (Lipinski definition) is 4. The lowest BCUT2D eigenvalue weighted by molar-refractivity contribution is -0.135. The van der Waals surface area contributed by atoms with E-state index in [2.05, 4.69) is 5.32 Å². The van der Waals surface area contributed by atoms with Gasteiger partial charge in [0.15, 0.2) is 0 Å². The number of nitrogens with zero attached hydrogens (tertiary/aromatic N) is 2. The lowest BCUT2D eigenvalue weighted by Crippen LogP contribution is -2.47. The molecule has 0 bridgehead atoms. The van der Waals surface area contributed by atoms with Gasteiger partial charge in [-0.3, -0.25) is 14.4 Å². The minimum absolute atomic E-state index is 0.0623. The van der Waals surface area contributed by atoms with Gasteiger partial charge < -0.3 is 20.5 Å². The van der Waals surface area contributed by atoms with Crippen LogP contribution in [0, 0.1) is 0 Å².